The van der Waals surface area contributed by atoms with Gasteiger partial charge in [-0.15, -0.1) is 5.10 Å². The first-order chi connectivity index (χ1) is 9.66. The fourth-order valence-electron chi connectivity index (χ4n) is 2.33. The second-order valence-corrected chi connectivity index (χ2v) is 5.61. The summed E-state index contributed by atoms with van der Waals surface area (Å²) in [5.74, 6) is 0.196. The van der Waals surface area contributed by atoms with Crippen molar-refractivity contribution in [2.75, 3.05) is 6.54 Å². The molecule has 0 unspecified atom stereocenters. The minimum Gasteiger partial charge on any atom is -0.350 e. The molecule has 0 atom stereocenters. The zero-order chi connectivity index (χ0) is 14.4. The van der Waals surface area contributed by atoms with Gasteiger partial charge in [0.05, 0.1) is 5.69 Å². The zero-order valence-electron chi connectivity index (χ0n) is 12.4. The predicted molar refractivity (Wildman–Crippen MR) is 79.6 cm³/mol. The second kappa shape index (κ2) is 7.17. The third-order valence-corrected chi connectivity index (χ3v) is 3.63. The number of nitrogens with zero attached hydrogens (tertiary/aromatic N) is 2. The molecular formula is C16H23N3O. The van der Waals surface area contributed by atoms with E-state index in [4.69, 9.17) is 0 Å². The van der Waals surface area contributed by atoms with Crippen molar-refractivity contribution in [2.24, 2.45) is 0 Å². The van der Waals surface area contributed by atoms with E-state index < -0.39 is 0 Å². The molecule has 0 fully saturated rings. The van der Waals surface area contributed by atoms with E-state index >= 15 is 0 Å². The van der Waals surface area contributed by atoms with Crippen molar-refractivity contribution in [1.29, 1.82) is 0 Å². The number of amides is 1. The Hall–Kier alpha value is -1.71. The van der Waals surface area contributed by atoms with Crippen molar-refractivity contribution in [3.8, 4) is 0 Å². The molecule has 4 heteroatoms. The van der Waals surface area contributed by atoms with Gasteiger partial charge in [0.1, 0.15) is 0 Å². The van der Waals surface area contributed by atoms with Gasteiger partial charge in [-0.25, -0.2) is 0 Å². The molecule has 1 amide bonds. The predicted octanol–water partition coefficient (Wildman–Crippen LogP) is 3.22. The van der Waals surface area contributed by atoms with E-state index in [9.17, 15) is 4.79 Å². The molecule has 0 saturated carbocycles. The second-order valence-electron chi connectivity index (χ2n) is 5.61. The maximum absolute atomic E-state index is 11.9. The van der Waals surface area contributed by atoms with Gasteiger partial charge in [0, 0.05) is 6.54 Å². The SMILES string of the molecule is CC(C)c1ccc(C(=O)NCCC2=CCCCC2)nn1. The fourth-order valence-corrected chi connectivity index (χ4v) is 2.33. The zero-order valence-corrected chi connectivity index (χ0v) is 12.4. The molecule has 0 spiro atoms. The lowest BCUT2D eigenvalue weighted by atomic mass is 9.97. The molecule has 20 heavy (non-hydrogen) atoms. The van der Waals surface area contributed by atoms with Gasteiger partial charge in [-0.3, -0.25) is 4.79 Å². The summed E-state index contributed by atoms with van der Waals surface area (Å²) in [5, 5.41) is 11.0. The van der Waals surface area contributed by atoms with Gasteiger partial charge in [0.15, 0.2) is 5.69 Å². The number of hydrogen-bond donors (Lipinski definition) is 1. The van der Waals surface area contributed by atoms with Gasteiger partial charge in [-0.1, -0.05) is 25.5 Å². The molecule has 0 bridgehead atoms. The van der Waals surface area contributed by atoms with Crippen molar-refractivity contribution >= 4 is 5.91 Å². The lowest BCUT2D eigenvalue weighted by Crippen LogP contribution is -2.26. The third kappa shape index (κ3) is 4.15. The van der Waals surface area contributed by atoms with Crippen molar-refractivity contribution in [2.45, 2.75) is 51.9 Å². The number of rotatable bonds is 5. The van der Waals surface area contributed by atoms with Crippen molar-refractivity contribution in [1.82, 2.24) is 15.5 Å². The molecule has 1 aromatic heterocycles. The number of hydrogen-bond acceptors (Lipinski definition) is 3. The van der Waals surface area contributed by atoms with Crippen LogP contribution < -0.4 is 5.32 Å². The highest BCUT2D eigenvalue weighted by atomic mass is 16.1. The highest BCUT2D eigenvalue weighted by molar-refractivity contribution is 5.92. The Morgan fingerprint density at radius 1 is 1.30 bits per heavy atom. The van der Waals surface area contributed by atoms with Gasteiger partial charge in [-0.2, -0.15) is 5.10 Å². The monoisotopic (exact) mass is 273 g/mol. The number of carbonyl (C=O) groups is 1. The maximum atomic E-state index is 11.9. The van der Waals surface area contributed by atoms with Crippen LogP contribution in [0.1, 0.15) is 68.1 Å². The van der Waals surface area contributed by atoms with Gasteiger partial charge in [0.2, 0.25) is 0 Å². The standard InChI is InChI=1S/C16H23N3O/c1-12(2)14-8-9-15(19-18-14)16(20)17-11-10-13-6-4-3-5-7-13/h6,8-9,12H,3-5,7,10-11H2,1-2H3,(H,17,20). The van der Waals surface area contributed by atoms with Gasteiger partial charge >= 0.3 is 0 Å². The number of allylic oxidation sites excluding steroid dienone is 1. The van der Waals surface area contributed by atoms with E-state index in [1.165, 1.54) is 31.3 Å². The summed E-state index contributed by atoms with van der Waals surface area (Å²) in [7, 11) is 0. The molecule has 108 valence electrons. The van der Waals surface area contributed by atoms with Crippen LogP contribution in [0, 0.1) is 0 Å². The molecular weight excluding hydrogens is 250 g/mol. The molecule has 0 saturated heterocycles. The largest absolute Gasteiger partial charge is 0.350 e. The Kier molecular flexibility index (Phi) is 5.27. The topological polar surface area (TPSA) is 54.9 Å². The molecule has 2 rings (SSSR count). The lowest BCUT2D eigenvalue weighted by Gasteiger charge is -2.12. The Morgan fingerprint density at radius 2 is 2.15 bits per heavy atom. The van der Waals surface area contributed by atoms with Gasteiger partial charge in [-0.05, 0) is 50.2 Å². The lowest BCUT2D eigenvalue weighted by molar-refractivity contribution is 0.0948. The third-order valence-electron chi connectivity index (χ3n) is 3.63. The summed E-state index contributed by atoms with van der Waals surface area (Å²) in [5.41, 5.74) is 2.78. The van der Waals surface area contributed by atoms with E-state index in [-0.39, 0.29) is 5.91 Å². The van der Waals surface area contributed by atoms with Crippen LogP contribution in [-0.2, 0) is 0 Å². The molecule has 0 aromatic carbocycles. The van der Waals surface area contributed by atoms with Crippen LogP contribution in [-0.4, -0.2) is 22.6 Å². The Morgan fingerprint density at radius 3 is 2.75 bits per heavy atom. The smallest absolute Gasteiger partial charge is 0.271 e. The Bertz CT molecular complexity index is 477. The van der Waals surface area contributed by atoms with Crippen LogP contribution in [0.3, 0.4) is 0 Å². The molecule has 1 N–H and O–H groups in total. The summed E-state index contributed by atoms with van der Waals surface area (Å²) in [6.45, 7) is 4.79. The van der Waals surface area contributed by atoms with Crippen molar-refractivity contribution in [3.63, 3.8) is 0 Å². The van der Waals surface area contributed by atoms with E-state index in [0.717, 1.165) is 12.1 Å². The van der Waals surface area contributed by atoms with Crippen LogP contribution >= 0.6 is 0 Å². The van der Waals surface area contributed by atoms with E-state index in [2.05, 4.69) is 35.4 Å². The fraction of sp³-hybridized carbons (Fsp3) is 0.562. The van der Waals surface area contributed by atoms with E-state index in [1.54, 1.807) is 6.07 Å². The van der Waals surface area contributed by atoms with E-state index in [1.807, 2.05) is 6.07 Å². The summed E-state index contributed by atoms with van der Waals surface area (Å²) < 4.78 is 0. The average molecular weight is 273 g/mol. The van der Waals surface area contributed by atoms with Gasteiger partial charge in [0.25, 0.3) is 5.91 Å². The summed E-state index contributed by atoms with van der Waals surface area (Å²) in [6, 6.07) is 3.62. The van der Waals surface area contributed by atoms with Crippen LogP contribution in [0.4, 0.5) is 0 Å². The van der Waals surface area contributed by atoms with Crippen LogP contribution in [0.15, 0.2) is 23.8 Å². The summed E-state index contributed by atoms with van der Waals surface area (Å²) in [4.78, 5) is 11.9. The first kappa shape index (κ1) is 14.7. The highest BCUT2D eigenvalue weighted by Crippen LogP contribution is 2.19. The number of nitrogens with one attached hydrogen (secondary N) is 1. The van der Waals surface area contributed by atoms with Crippen molar-refractivity contribution < 1.29 is 4.79 Å². The molecule has 1 aromatic rings. The number of carbonyl (C=O) groups excluding carboxylic acids is 1. The minimum atomic E-state index is -0.135. The molecule has 0 aliphatic heterocycles. The average Bonchev–Trinajstić information content (AvgIpc) is 2.48. The Balaban J connectivity index is 1.80. The van der Waals surface area contributed by atoms with E-state index in [0.29, 0.717) is 18.2 Å². The Labute approximate surface area is 120 Å². The van der Waals surface area contributed by atoms with Crippen LogP contribution in [0.5, 0.6) is 0 Å². The quantitative estimate of drug-likeness (QED) is 0.838. The number of aromatic nitrogens is 2. The maximum Gasteiger partial charge on any atom is 0.271 e. The first-order valence-electron chi connectivity index (χ1n) is 7.46. The van der Waals surface area contributed by atoms with Crippen LogP contribution in [0.2, 0.25) is 0 Å². The molecule has 1 aliphatic rings. The van der Waals surface area contributed by atoms with Crippen LogP contribution in [0.25, 0.3) is 0 Å². The summed E-state index contributed by atoms with van der Waals surface area (Å²) in [6.07, 6.45) is 8.20. The summed E-state index contributed by atoms with van der Waals surface area (Å²) >= 11 is 0. The molecule has 0 radical (unpaired) electrons. The van der Waals surface area contributed by atoms with Crippen molar-refractivity contribution in [3.05, 3.63) is 35.2 Å². The van der Waals surface area contributed by atoms with Gasteiger partial charge < -0.3 is 5.32 Å². The minimum absolute atomic E-state index is 0.135. The molecule has 4 nitrogen and oxygen atoms in total. The molecule has 1 heterocycles. The normalized spacial score (nSPS) is 15.1. The molecule has 1 aliphatic carbocycles. The highest BCUT2D eigenvalue weighted by Gasteiger charge is 2.10. The first-order valence-corrected chi connectivity index (χ1v) is 7.46.